The highest BCUT2D eigenvalue weighted by Gasteiger charge is 2.24. The SMILES string of the molecule is CC(C)COCC(=O)N1CCN(C(=O)COCC(C)C)CC1. The number of ether oxygens (including phenoxy) is 2. The van der Waals surface area contributed by atoms with Gasteiger partial charge in [-0.1, -0.05) is 27.7 Å². The Labute approximate surface area is 133 Å². The molecular weight excluding hydrogens is 284 g/mol. The molecule has 0 saturated carbocycles. The molecule has 0 atom stereocenters. The molecule has 1 heterocycles. The summed E-state index contributed by atoms with van der Waals surface area (Å²) in [6.07, 6.45) is 0. The minimum atomic E-state index is 0.00352. The molecule has 0 unspecified atom stereocenters. The van der Waals surface area contributed by atoms with E-state index in [1.54, 1.807) is 9.80 Å². The highest BCUT2D eigenvalue weighted by molar-refractivity contribution is 5.79. The maximum absolute atomic E-state index is 12.0. The van der Waals surface area contributed by atoms with Gasteiger partial charge in [0.1, 0.15) is 13.2 Å². The number of carbonyl (C=O) groups excluding carboxylic acids is 2. The van der Waals surface area contributed by atoms with Crippen LogP contribution >= 0.6 is 0 Å². The van der Waals surface area contributed by atoms with E-state index in [9.17, 15) is 9.59 Å². The minimum absolute atomic E-state index is 0.00352. The average molecular weight is 314 g/mol. The summed E-state index contributed by atoms with van der Waals surface area (Å²) in [6, 6.07) is 0. The molecule has 0 spiro atoms. The van der Waals surface area contributed by atoms with Crippen LogP contribution in [0.4, 0.5) is 0 Å². The molecule has 0 radical (unpaired) electrons. The average Bonchev–Trinajstić information content (AvgIpc) is 2.46. The molecule has 1 aliphatic rings. The smallest absolute Gasteiger partial charge is 0.248 e. The lowest BCUT2D eigenvalue weighted by atomic mass is 10.2. The molecule has 0 bridgehead atoms. The van der Waals surface area contributed by atoms with Gasteiger partial charge in [0.2, 0.25) is 11.8 Å². The Hall–Kier alpha value is -1.14. The van der Waals surface area contributed by atoms with Crippen LogP contribution in [-0.4, -0.2) is 74.2 Å². The number of hydrogen-bond acceptors (Lipinski definition) is 4. The van der Waals surface area contributed by atoms with Crippen molar-refractivity contribution < 1.29 is 19.1 Å². The molecule has 1 rings (SSSR count). The van der Waals surface area contributed by atoms with E-state index in [0.29, 0.717) is 51.2 Å². The Morgan fingerprint density at radius 1 is 0.773 bits per heavy atom. The predicted octanol–water partition coefficient (Wildman–Crippen LogP) is 1.00. The van der Waals surface area contributed by atoms with Crippen molar-refractivity contribution in [3.63, 3.8) is 0 Å². The first-order valence-corrected chi connectivity index (χ1v) is 8.11. The van der Waals surface area contributed by atoms with Crippen LogP contribution in [-0.2, 0) is 19.1 Å². The van der Waals surface area contributed by atoms with Gasteiger partial charge in [-0.25, -0.2) is 0 Å². The molecule has 0 aromatic heterocycles. The normalized spacial score (nSPS) is 15.7. The molecular formula is C16H30N2O4. The van der Waals surface area contributed by atoms with E-state index in [1.807, 2.05) is 0 Å². The molecule has 0 aliphatic carbocycles. The monoisotopic (exact) mass is 314 g/mol. The van der Waals surface area contributed by atoms with Crippen molar-refractivity contribution in [3.8, 4) is 0 Å². The van der Waals surface area contributed by atoms with Crippen molar-refractivity contribution in [2.24, 2.45) is 11.8 Å². The summed E-state index contributed by atoms with van der Waals surface area (Å²) in [5.74, 6) is 0.855. The highest BCUT2D eigenvalue weighted by atomic mass is 16.5. The lowest BCUT2D eigenvalue weighted by Crippen LogP contribution is -2.52. The third-order valence-corrected chi connectivity index (χ3v) is 3.34. The molecule has 6 heteroatoms. The molecule has 6 nitrogen and oxygen atoms in total. The fourth-order valence-corrected chi connectivity index (χ4v) is 2.15. The predicted molar refractivity (Wildman–Crippen MR) is 84.5 cm³/mol. The molecule has 1 saturated heterocycles. The van der Waals surface area contributed by atoms with Crippen molar-refractivity contribution in [2.75, 3.05) is 52.6 Å². The molecule has 0 aromatic rings. The number of nitrogens with zero attached hydrogens (tertiary/aromatic N) is 2. The van der Waals surface area contributed by atoms with Gasteiger partial charge in [0.05, 0.1) is 0 Å². The number of amides is 2. The molecule has 22 heavy (non-hydrogen) atoms. The Bertz CT molecular complexity index is 316. The van der Waals surface area contributed by atoms with Crippen LogP contribution in [0.15, 0.2) is 0 Å². The third-order valence-electron chi connectivity index (χ3n) is 3.34. The second kappa shape index (κ2) is 9.79. The maximum atomic E-state index is 12.0. The van der Waals surface area contributed by atoms with Crippen molar-refractivity contribution in [1.29, 1.82) is 0 Å². The van der Waals surface area contributed by atoms with Gasteiger partial charge in [-0.15, -0.1) is 0 Å². The van der Waals surface area contributed by atoms with Crippen LogP contribution in [0.25, 0.3) is 0 Å². The second-order valence-electron chi connectivity index (χ2n) is 6.58. The zero-order chi connectivity index (χ0) is 16.5. The van der Waals surface area contributed by atoms with Crippen LogP contribution in [0.2, 0.25) is 0 Å². The Morgan fingerprint density at radius 3 is 1.36 bits per heavy atom. The summed E-state index contributed by atoms with van der Waals surface area (Å²) in [7, 11) is 0. The lowest BCUT2D eigenvalue weighted by molar-refractivity contribution is -0.144. The summed E-state index contributed by atoms with van der Waals surface area (Å²) in [4.78, 5) is 27.5. The van der Waals surface area contributed by atoms with E-state index >= 15 is 0 Å². The Kier molecular flexibility index (Phi) is 8.42. The topological polar surface area (TPSA) is 59.1 Å². The van der Waals surface area contributed by atoms with E-state index in [2.05, 4.69) is 27.7 Å². The summed E-state index contributed by atoms with van der Waals surface area (Å²) >= 11 is 0. The van der Waals surface area contributed by atoms with Gasteiger partial charge in [-0.3, -0.25) is 9.59 Å². The molecule has 0 aromatic carbocycles. The van der Waals surface area contributed by atoms with Crippen molar-refractivity contribution in [1.82, 2.24) is 9.80 Å². The van der Waals surface area contributed by atoms with Crippen LogP contribution in [0.1, 0.15) is 27.7 Å². The lowest BCUT2D eigenvalue weighted by Gasteiger charge is -2.34. The summed E-state index contributed by atoms with van der Waals surface area (Å²) in [6.45, 7) is 11.9. The van der Waals surface area contributed by atoms with Crippen molar-refractivity contribution in [2.45, 2.75) is 27.7 Å². The van der Waals surface area contributed by atoms with Crippen LogP contribution in [0.3, 0.4) is 0 Å². The van der Waals surface area contributed by atoms with Crippen molar-refractivity contribution >= 4 is 11.8 Å². The fourth-order valence-electron chi connectivity index (χ4n) is 2.15. The highest BCUT2D eigenvalue weighted by Crippen LogP contribution is 2.04. The standard InChI is InChI=1S/C16H30N2O4/c1-13(2)9-21-11-15(19)17-5-7-18(8-6-17)16(20)12-22-10-14(3)4/h13-14H,5-12H2,1-4H3. The first-order valence-electron chi connectivity index (χ1n) is 8.11. The van der Waals surface area contributed by atoms with Crippen molar-refractivity contribution in [3.05, 3.63) is 0 Å². The molecule has 128 valence electrons. The number of carbonyl (C=O) groups is 2. The zero-order valence-electron chi connectivity index (χ0n) is 14.3. The molecule has 0 N–H and O–H groups in total. The Balaban J connectivity index is 2.22. The first kappa shape index (κ1) is 18.9. The summed E-state index contributed by atoms with van der Waals surface area (Å²) in [5.41, 5.74) is 0. The summed E-state index contributed by atoms with van der Waals surface area (Å²) in [5, 5.41) is 0. The maximum Gasteiger partial charge on any atom is 0.248 e. The quantitative estimate of drug-likeness (QED) is 0.671. The van der Waals surface area contributed by atoms with Gasteiger partial charge >= 0.3 is 0 Å². The third kappa shape index (κ3) is 7.22. The second-order valence-corrected chi connectivity index (χ2v) is 6.58. The van der Waals surface area contributed by atoms with Gasteiger partial charge in [-0.2, -0.15) is 0 Å². The Morgan fingerprint density at radius 2 is 1.09 bits per heavy atom. The van der Waals surface area contributed by atoms with E-state index in [1.165, 1.54) is 0 Å². The van der Waals surface area contributed by atoms with Crippen LogP contribution in [0, 0.1) is 11.8 Å². The number of hydrogen-bond donors (Lipinski definition) is 0. The van der Waals surface area contributed by atoms with E-state index in [0.717, 1.165) is 0 Å². The van der Waals surface area contributed by atoms with Gasteiger partial charge in [-0.05, 0) is 11.8 Å². The zero-order valence-corrected chi connectivity index (χ0v) is 14.3. The van der Waals surface area contributed by atoms with E-state index in [-0.39, 0.29) is 25.0 Å². The molecule has 2 amide bonds. The van der Waals surface area contributed by atoms with E-state index in [4.69, 9.17) is 9.47 Å². The summed E-state index contributed by atoms with van der Waals surface area (Å²) < 4.78 is 10.7. The first-order chi connectivity index (χ1) is 10.4. The fraction of sp³-hybridized carbons (Fsp3) is 0.875. The molecule has 1 fully saturated rings. The number of piperazine rings is 1. The van der Waals surface area contributed by atoms with Gasteiger partial charge in [0.25, 0.3) is 0 Å². The van der Waals surface area contributed by atoms with Crippen LogP contribution < -0.4 is 0 Å². The van der Waals surface area contributed by atoms with E-state index < -0.39 is 0 Å². The van der Waals surface area contributed by atoms with Gasteiger partial charge in [0, 0.05) is 39.4 Å². The van der Waals surface area contributed by atoms with Gasteiger partial charge < -0.3 is 19.3 Å². The van der Waals surface area contributed by atoms with Crippen LogP contribution in [0.5, 0.6) is 0 Å². The van der Waals surface area contributed by atoms with Gasteiger partial charge in [0.15, 0.2) is 0 Å². The largest absolute Gasteiger partial charge is 0.371 e. The number of rotatable bonds is 8. The molecule has 1 aliphatic heterocycles. The minimum Gasteiger partial charge on any atom is -0.371 e.